The minimum Gasteiger partial charge on any atom is -0.507 e. The highest BCUT2D eigenvalue weighted by Gasteiger charge is 2.48. The van der Waals surface area contributed by atoms with Crippen molar-refractivity contribution in [3.63, 3.8) is 0 Å². The summed E-state index contributed by atoms with van der Waals surface area (Å²) in [7, 11) is 0. The largest absolute Gasteiger partial charge is 0.507 e. The van der Waals surface area contributed by atoms with E-state index < -0.39 is 17.7 Å². The van der Waals surface area contributed by atoms with Gasteiger partial charge in [-0.3, -0.25) is 14.5 Å². The van der Waals surface area contributed by atoms with E-state index in [0.29, 0.717) is 22.8 Å². The third kappa shape index (κ3) is 3.99. The topological polar surface area (TPSA) is 70.8 Å². The van der Waals surface area contributed by atoms with Gasteiger partial charge in [0, 0.05) is 11.3 Å². The number of carbonyl (C=O) groups excluding carboxylic acids is 2. The standard InChI is InChI=1S/C28H29NO4/c1-16-7-12-20(13-8-16)29-24(22-14-10-18(3)33-22)23(26(31)27(29)32)25(30)21-15-19(28(4,5)6)11-9-17(21)2/h7-15,24,30H,1-6H3/b25-23+. The molecule has 1 unspecified atom stereocenters. The highest BCUT2D eigenvalue weighted by Crippen LogP contribution is 2.43. The summed E-state index contributed by atoms with van der Waals surface area (Å²) in [6.07, 6.45) is 0. The van der Waals surface area contributed by atoms with Gasteiger partial charge in [-0.15, -0.1) is 0 Å². The number of furan rings is 1. The number of hydrogen-bond donors (Lipinski definition) is 1. The van der Waals surface area contributed by atoms with Gasteiger partial charge in [0.15, 0.2) is 0 Å². The van der Waals surface area contributed by atoms with Crippen LogP contribution in [0.5, 0.6) is 0 Å². The van der Waals surface area contributed by atoms with E-state index in [4.69, 9.17) is 4.42 Å². The molecule has 1 aliphatic heterocycles. The van der Waals surface area contributed by atoms with Crippen molar-refractivity contribution in [3.05, 3.63) is 93.9 Å². The number of carbonyl (C=O) groups is 2. The van der Waals surface area contributed by atoms with Crippen molar-refractivity contribution >= 4 is 23.1 Å². The van der Waals surface area contributed by atoms with Gasteiger partial charge in [-0.05, 0) is 67.6 Å². The van der Waals surface area contributed by atoms with Crippen LogP contribution >= 0.6 is 0 Å². The number of aliphatic hydroxyl groups excluding tert-OH is 1. The fourth-order valence-corrected chi connectivity index (χ4v) is 4.16. The first-order chi connectivity index (χ1) is 15.5. The third-order valence-electron chi connectivity index (χ3n) is 6.15. The molecule has 0 aliphatic carbocycles. The second kappa shape index (κ2) is 8.07. The van der Waals surface area contributed by atoms with Gasteiger partial charge in [-0.2, -0.15) is 0 Å². The highest BCUT2D eigenvalue weighted by atomic mass is 16.3. The van der Waals surface area contributed by atoms with Gasteiger partial charge < -0.3 is 9.52 Å². The number of benzene rings is 2. The second-order valence-corrected chi connectivity index (χ2v) is 9.73. The molecule has 0 saturated carbocycles. The molecule has 1 saturated heterocycles. The lowest BCUT2D eigenvalue weighted by atomic mass is 9.84. The van der Waals surface area contributed by atoms with Gasteiger partial charge in [-0.1, -0.05) is 50.6 Å². The fourth-order valence-electron chi connectivity index (χ4n) is 4.16. The molecule has 0 spiro atoms. The molecule has 5 heteroatoms. The lowest BCUT2D eigenvalue weighted by Crippen LogP contribution is -2.29. The van der Waals surface area contributed by atoms with Crippen molar-refractivity contribution in [3.8, 4) is 0 Å². The molecule has 33 heavy (non-hydrogen) atoms. The Bertz CT molecular complexity index is 1270. The Balaban J connectivity index is 1.96. The van der Waals surface area contributed by atoms with E-state index >= 15 is 0 Å². The van der Waals surface area contributed by atoms with Crippen LogP contribution in [0.3, 0.4) is 0 Å². The van der Waals surface area contributed by atoms with E-state index in [-0.39, 0.29) is 16.7 Å². The number of amides is 1. The minimum atomic E-state index is -0.862. The van der Waals surface area contributed by atoms with Gasteiger partial charge >= 0.3 is 0 Å². The van der Waals surface area contributed by atoms with E-state index in [1.807, 2.05) is 44.2 Å². The molecule has 1 amide bonds. The normalized spacial score (nSPS) is 18.2. The quantitative estimate of drug-likeness (QED) is 0.300. The first kappa shape index (κ1) is 22.6. The van der Waals surface area contributed by atoms with E-state index in [1.165, 1.54) is 4.90 Å². The molecule has 2 heterocycles. The number of hydrogen-bond acceptors (Lipinski definition) is 4. The Labute approximate surface area is 194 Å². The monoisotopic (exact) mass is 443 g/mol. The lowest BCUT2D eigenvalue weighted by Gasteiger charge is -2.24. The summed E-state index contributed by atoms with van der Waals surface area (Å²) in [6, 6.07) is 15.9. The summed E-state index contributed by atoms with van der Waals surface area (Å²) in [6.45, 7) is 11.9. The lowest BCUT2D eigenvalue weighted by molar-refractivity contribution is -0.132. The highest BCUT2D eigenvalue weighted by molar-refractivity contribution is 6.51. The Kier molecular flexibility index (Phi) is 5.52. The second-order valence-electron chi connectivity index (χ2n) is 9.73. The van der Waals surface area contributed by atoms with Crippen LogP contribution in [0.4, 0.5) is 5.69 Å². The summed E-state index contributed by atoms with van der Waals surface area (Å²) in [5.41, 5.74) is 3.87. The summed E-state index contributed by atoms with van der Waals surface area (Å²) < 4.78 is 5.87. The average molecular weight is 444 g/mol. The van der Waals surface area contributed by atoms with Crippen LogP contribution in [0, 0.1) is 20.8 Å². The van der Waals surface area contributed by atoms with Crippen LogP contribution in [-0.4, -0.2) is 16.8 Å². The summed E-state index contributed by atoms with van der Waals surface area (Å²) in [4.78, 5) is 27.9. The summed E-state index contributed by atoms with van der Waals surface area (Å²) in [5, 5.41) is 11.5. The molecule has 1 fully saturated rings. The van der Waals surface area contributed by atoms with Crippen LogP contribution in [0.2, 0.25) is 0 Å². The third-order valence-corrected chi connectivity index (χ3v) is 6.15. The smallest absolute Gasteiger partial charge is 0.300 e. The van der Waals surface area contributed by atoms with Crippen molar-refractivity contribution in [2.24, 2.45) is 0 Å². The number of aryl methyl sites for hydroxylation is 3. The van der Waals surface area contributed by atoms with Crippen LogP contribution in [-0.2, 0) is 15.0 Å². The first-order valence-corrected chi connectivity index (χ1v) is 11.0. The zero-order valence-corrected chi connectivity index (χ0v) is 19.9. The molecule has 1 aliphatic rings. The molecule has 1 aromatic heterocycles. The first-order valence-electron chi connectivity index (χ1n) is 11.0. The maximum Gasteiger partial charge on any atom is 0.300 e. The molecule has 1 N–H and O–H groups in total. The molecular formula is C28H29NO4. The molecule has 170 valence electrons. The molecule has 0 bridgehead atoms. The van der Waals surface area contributed by atoms with Crippen LogP contribution in [0.25, 0.3) is 5.76 Å². The van der Waals surface area contributed by atoms with Crippen LogP contribution in [0.15, 0.2) is 64.6 Å². The molecule has 0 radical (unpaired) electrons. The molecule has 3 aromatic rings. The van der Waals surface area contributed by atoms with Gasteiger partial charge in [-0.25, -0.2) is 0 Å². The van der Waals surface area contributed by atoms with Crippen molar-refractivity contribution in [2.75, 3.05) is 4.90 Å². The Morgan fingerprint density at radius 3 is 2.18 bits per heavy atom. The molecule has 1 atom stereocenters. The predicted octanol–water partition coefficient (Wildman–Crippen LogP) is 6.13. The van der Waals surface area contributed by atoms with Crippen LogP contribution < -0.4 is 4.90 Å². The minimum absolute atomic E-state index is 0.0316. The molecular weight excluding hydrogens is 414 g/mol. The Morgan fingerprint density at radius 2 is 1.61 bits per heavy atom. The number of anilines is 1. The summed E-state index contributed by atoms with van der Waals surface area (Å²) >= 11 is 0. The van der Waals surface area contributed by atoms with E-state index in [9.17, 15) is 14.7 Å². The van der Waals surface area contributed by atoms with Crippen molar-refractivity contribution in [2.45, 2.75) is 53.0 Å². The molecule has 4 rings (SSSR count). The zero-order chi connectivity index (χ0) is 24.1. The number of ketones is 1. The number of rotatable bonds is 3. The SMILES string of the molecule is Cc1ccc(N2C(=O)C(=O)/C(=C(/O)c3cc(C(C)(C)C)ccc3C)C2c2ccc(C)o2)cc1. The number of aliphatic hydroxyl groups is 1. The maximum atomic E-state index is 13.3. The summed E-state index contributed by atoms with van der Waals surface area (Å²) in [5.74, 6) is -0.522. The van der Waals surface area contributed by atoms with Gasteiger partial charge in [0.25, 0.3) is 11.7 Å². The van der Waals surface area contributed by atoms with Crippen LogP contribution in [0.1, 0.15) is 60.6 Å². The number of Topliss-reactive ketones (excluding diaryl/α,β-unsaturated/α-hetero) is 1. The molecule has 5 nitrogen and oxygen atoms in total. The maximum absolute atomic E-state index is 13.3. The van der Waals surface area contributed by atoms with Crippen molar-refractivity contribution < 1.29 is 19.1 Å². The van der Waals surface area contributed by atoms with Gasteiger partial charge in [0.1, 0.15) is 23.3 Å². The Hall–Kier alpha value is -3.60. The van der Waals surface area contributed by atoms with Gasteiger partial charge in [0.2, 0.25) is 0 Å². The number of nitrogens with zero attached hydrogens (tertiary/aromatic N) is 1. The Morgan fingerprint density at radius 1 is 0.939 bits per heavy atom. The average Bonchev–Trinajstić information content (AvgIpc) is 3.29. The zero-order valence-electron chi connectivity index (χ0n) is 19.9. The fraction of sp³-hybridized carbons (Fsp3) is 0.286. The van der Waals surface area contributed by atoms with E-state index in [2.05, 4.69) is 20.8 Å². The van der Waals surface area contributed by atoms with Gasteiger partial charge in [0.05, 0.1) is 5.57 Å². The van der Waals surface area contributed by atoms with Crippen molar-refractivity contribution in [1.82, 2.24) is 0 Å². The van der Waals surface area contributed by atoms with E-state index in [1.54, 1.807) is 31.2 Å². The molecule has 2 aromatic carbocycles. The van der Waals surface area contributed by atoms with Crippen molar-refractivity contribution in [1.29, 1.82) is 0 Å². The predicted molar refractivity (Wildman–Crippen MR) is 129 cm³/mol. The van der Waals surface area contributed by atoms with E-state index in [0.717, 1.165) is 16.7 Å².